The summed E-state index contributed by atoms with van der Waals surface area (Å²) >= 11 is 1.74. The van der Waals surface area contributed by atoms with Crippen LogP contribution < -0.4 is 0 Å². The lowest BCUT2D eigenvalue weighted by atomic mass is 10.2. The SMILES string of the molecule is CC(C)c1nccn1Cc1ccsc1. The predicted octanol–water partition coefficient (Wildman–Crippen LogP) is 3.12. The van der Waals surface area contributed by atoms with Crippen LogP contribution in [-0.4, -0.2) is 9.55 Å². The quantitative estimate of drug-likeness (QED) is 0.754. The number of nitrogens with zero attached hydrogens (tertiary/aromatic N) is 2. The van der Waals surface area contributed by atoms with Crippen LogP contribution in [0.4, 0.5) is 0 Å². The zero-order valence-corrected chi connectivity index (χ0v) is 9.29. The van der Waals surface area contributed by atoms with Crippen molar-refractivity contribution >= 4 is 11.3 Å². The highest BCUT2D eigenvalue weighted by atomic mass is 32.1. The smallest absolute Gasteiger partial charge is 0.111 e. The maximum absolute atomic E-state index is 4.36. The molecule has 0 unspecified atom stereocenters. The zero-order chi connectivity index (χ0) is 9.97. The number of imidazole rings is 1. The molecule has 2 aromatic heterocycles. The summed E-state index contributed by atoms with van der Waals surface area (Å²) in [6.45, 7) is 5.29. The maximum Gasteiger partial charge on any atom is 0.111 e. The molecule has 74 valence electrons. The van der Waals surface area contributed by atoms with Crippen molar-refractivity contribution in [2.75, 3.05) is 0 Å². The van der Waals surface area contributed by atoms with E-state index in [2.05, 4.69) is 40.2 Å². The molecule has 0 radical (unpaired) electrons. The zero-order valence-electron chi connectivity index (χ0n) is 8.47. The molecule has 0 fully saturated rings. The summed E-state index contributed by atoms with van der Waals surface area (Å²) in [7, 11) is 0. The Morgan fingerprint density at radius 3 is 3.00 bits per heavy atom. The third kappa shape index (κ3) is 1.87. The average molecular weight is 206 g/mol. The summed E-state index contributed by atoms with van der Waals surface area (Å²) in [6.07, 6.45) is 3.93. The number of aromatic nitrogens is 2. The summed E-state index contributed by atoms with van der Waals surface area (Å²) < 4.78 is 2.22. The first-order valence-corrected chi connectivity index (χ1v) is 5.73. The van der Waals surface area contributed by atoms with Crippen molar-refractivity contribution in [1.29, 1.82) is 0 Å². The molecule has 0 saturated heterocycles. The van der Waals surface area contributed by atoms with E-state index in [-0.39, 0.29) is 0 Å². The van der Waals surface area contributed by atoms with E-state index >= 15 is 0 Å². The van der Waals surface area contributed by atoms with Crippen molar-refractivity contribution in [1.82, 2.24) is 9.55 Å². The van der Waals surface area contributed by atoms with Crippen LogP contribution >= 0.6 is 11.3 Å². The minimum atomic E-state index is 0.489. The van der Waals surface area contributed by atoms with Gasteiger partial charge in [0.1, 0.15) is 5.82 Å². The third-order valence-corrected chi connectivity index (χ3v) is 2.93. The molecule has 0 aliphatic carbocycles. The molecule has 2 heterocycles. The molecule has 0 amide bonds. The fraction of sp³-hybridized carbons (Fsp3) is 0.364. The minimum absolute atomic E-state index is 0.489. The Bertz CT molecular complexity index is 387. The highest BCUT2D eigenvalue weighted by Gasteiger charge is 2.06. The van der Waals surface area contributed by atoms with Gasteiger partial charge in [-0.25, -0.2) is 4.98 Å². The first-order valence-electron chi connectivity index (χ1n) is 4.79. The van der Waals surface area contributed by atoms with Gasteiger partial charge in [0, 0.05) is 24.9 Å². The fourth-order valence-electron chi connectivity index (χ4n) is 1.53. The molecule has 0 aromatic carbocycles. The van der Waals surface area contributed by atoms with E-state index in [1.807, 2.05) is 12.4 Å². The van der Waals surface area contributed by atoms with E-state index in [0.717, 1.165) is 12.4 Å². The van der Waals surface area contributed by atoms with Crippen LogP contribution in [0.3, 0.4) is 0 Å². The highest BCUT2D eigenvalue weighted by Crippen LogP contribution is 2.15. The molecule has 2 aromatic rings. The van der Waals surface area contributed by atoms with Crippen molar-refractivity contribution < 1.29 is 0 Å². The second-order valence-corrected chi connectivity index (χ2v) is 4.48. The van der Waals surface area contributed by atoms with E-state index in [9.17, 15) is 0 Å². The van der Waals surface area contributed by atoms with Gasteiger partial charge in [-0.05, 0) is 22.4 Å². The van der Waals surface area contributed by atoms with Gasteiger partial charge in [-0.2, -0.15) is 11.3 Å². The monoisotopic (exact) mass is 206 g/mol. The van der Waals surface area contributed by atoms with Gasteiger partial charge in [0.05, 0.1) is 0 Å². The second-order valence-electron chi connectivity index (χ2n) is 3.70. The fourth-order valence-corrected chi connectivity index (χ4v) is 2.19. The van der Waals surface area contributed by atoms with Crippen molar-refractivity contribution in [2.45, 2.75) is 26.3 Å². The number of hydrogen-bond donors (Lipinski definition) is 0. The summed E-state index contributed by atoms with van der Waals surface area (Å²) in [6, 6.07) is 2.16. The van der Waals surface area contributed by atoms with E-state index < -0.39 is 0 Å². The standard InChI is InChI=1S/C11H14N2S/c1-9(2)11-12-4-5-13(11)7-10-3-6-14-8-10/h3-6,8-9H,7H2,1-2H3. The lowest BCUT2D eigenvalue weighted by Crippen LogP contribution is -2.04. The van der Waals surface area contributed by atoms with Crippen LogP contribution in [0.25, 0.3) is 0 Å². The molecule has 0 saturated carbocycles. The van der Waals surface area contributed by atoms with Crippen molar-refractivity contribution in [2.24, 2.45) is 0 Å². The Kier molecular flexibility index (Phi) is 2.68. The first-order chi connectivity index (χ1) is 6.77. The Morgan fingerprint density at radius 2 is 2.36 bits per heavy atom. The Hall–Kier alpha value is -1.09. The van der Waals surface area contributed by atoms with Gasteiger partial charge in [0.15, 0.2) is 0 Å². The van der Waals surface area contributed by atoms with Gasteiger partial charge >= 0.3 is 0 Å². The molecular formula is C11H14N2S. The Labute approximate surface area is 88.2 Å². The van der Waals surface area contributed by atoms with Crippen molar-refractivity contribution in [3.05, 3.63) is 40.6 Å². The van der Waals surface area contributed by atoms with E-state index in [4.69, 9.17) is 0 Å². The molecule has 0 N–H and O–H groups in total. The van der Waals surface area contributed by atoms with Gasteiger partial charge < -0.3 is 4.57 Å². The van der Waals surface area contributed by atoms with Gasteiger partial charge in [0.25, 0.3) is 0 Å². The van der Waals surface area contributed by atoms with Gasteiger partial charge in [0.2, 0.25) is 0 Å². The van der Waals surface area contributed by atoms with Crippen molar-refractivity contribution in [3.63, 3.8) is 0 Å². The average Bonchev–Trinajstić information content (AvgIpc) is 2.75. The molecule has 0 aliphatic rings. The largest absolute Gasteiger partial charge is 0.330 e. The molecule has 0 spiro atoms. The molecule has 2 nitrogen and oxygen atoms in total. The molecule has 2 rings (SSSR count). The predicted molar refractivity (Wildman–Crippen MR) is 59.7 cm³/mol. The molecule has 0 bridgehead atoms. The van der Waals surface area contributed by atoms with Crippen molar-refractivity contribution in [3.8, 4) is 0 Å². The third-order valence-electron chi connectivity index (χ3n) is 2.20. The summed E-state index contributed by atoms with van der Waals surface area (Å²) in [5.41, 5.74) is 1.36. The minimum Gasteiger partial charge on any atom is -0.330 e. The topological polar surface area (TPSA) is 17.8 Å². The normalized spacial score (nSPS) is 11.1. The molecule has 0 atom stereocenters. The first kappa shape index (κ1) is 9.46. The molecule has 3 heteroatoms. The van der Waals surface area contributed by atoms with Crippen LogP contribution in [0.15, 0.2) is 29.2 Å². The van der Waals surface area contributed by atoms with Gasteiger partial charge in [-0.1, -0.05) is 13.8 Å². The lowest BCUT2D eigenvalue weighted by Gasteiger charge is -2.08. The number of hydrogen-bond acceptors (Lipinski definition) is 2. The van der Waals surface area contributed by atoms with Crippen LogP contribution in [-0.2, 0) is 6.54 Å². The second kappa shape index (κ2) is 3.96. The number of thiophene rings is 1. The molecule has 14 heavy (non-hydrogen) atoms. The van der Waals surface area contributed by atoms with E-state index in [1.165, 1.54) is 5.56 Å². The lowest BCUT2D eigenvalue weighted by molar-refractivity contribution is 0.670. The van der Waals surface area contributed by atoms with E-state index in [1.54, 1.807) is 11.3 Å². The molecule has 0 aliphatic heterocycles. The van der Waals surface area contributed by atoms with Crippen LogP contribution in [0, 0.1) is 0 Å². The Balaban J connectivity index is 2.21. The summed E-state index contributed by atoms with van der Waals surface area (Å²) in [5, 5.41) is 4.30. The van der Waals surface area contributed by atoms with Crippen LogP contribution in [0.5, 0.6) is 0 Å². The van der Waals surface area contributed by atoms with E-state index in [0.29, 0.717) is 5.92 Å². The highest BCUT2D eigenvalue weighted by molar-refractivity contribution is 7.07. The molecular weight excluding hydrogens is 192 g/mol. The van der Waals surface area contributed by atoms with Gasteiger partial charge in [-0.3, -0.25) is 0 Å². The van der Waals surface area contributed by atoms with Gasteiger partial charge in [-0.15, -0.1) is 0 Å². The summed E-state index contributed by atoms with van der Waals surface area (Å²) in [4.78, 5) is 4.36. The Morgan fingerprint density at radius 1 is 1.50 bits per heavy atom. The van der Waals surface area contributed by atoms with Crippen LogP contribution in [0.1, 0.15) is 31.2 Å². The number of rotatable bonds is 3. The summed E-state index contributed by atoms with van der Waals surface area (Å²) in [5.74, 6) is 1.65. The van der Waals surface area contributed by atoms with Crippen LogP contribution in [0.2, 0.25) is 0 Å². The maximum atomic E-state index is 4.36.